The summed E-state index contributed by atoms with van der Waals surface area (Å²) in [7, 11) is 1.65. The highest BCUT2D eigenvalue weighted by molar-refractivity contribution is 5.87. The molecule has 5 heteroatoms. The maximum absolute atomic E-state index is 11.5. The number of aryl methyl sites for hydroxylation is 1. The first-order chi connectivity index (χ1) is 8.15. The van der Waals surface area contributed by atoms with Crippen LogP contribution in [-0.2, 0) is 11.3 Å². The molecule has 0 atom stereocenters. The number of pyridine rings is 1. The zero-order chi connectivity index (χ0) is 12.7. The third-order valence-corrected chi connectivity index (χ3v) is 2.48. The van der Waals surface area contributed by atoms with E-state index in [1.165, 1.54) is 22.9 Å². The van der Waals surface area contributed by atoms with Crippen LogP contribution in [0.15, 0.2) is 23.1 Å². The van der Waals surface area contributed by atoms with Crippen molar-refractivity contribution in [3.8, 4) is 0 Å². The first-order valence-electron chi connectivity index (χ1n) is 5.58. The Morgan fingerprint density at radius 2 is 2.12 bits per heavy atom. The number of ether oxygens (including phenoxy) is 1. The van der Waals surface area contributed by atoms with Crippen LogP contribution < -0.4 is 5.56 Å². The molecule has 0 aromatic carbocycles. The molecule has 0 amide bonds. The third-order valence-electron chi connectivity index (χ3n) is 2.48. The van der Waals surface area contributed by atoms with Gasteiger partial charge in [0.25, 0.3) is 5.56 Å². The van der Waals surface area contributed by atoms with E-state index >= 15 is 0 Å². The van der Waals surface area contributed by atoms with Crippen LogP contribution in [0.25, 0.3) is 0 Å². The van der Waals surface area contributed by atoms with Gasteiger partial charge in [-0.05, 0) is 25.3 Å². The number of aromatic carboxylic acids is 1. The second-order valence-electron chi connectivity index (χ2n) is 3.81. The molecule has 0 unspecified atom stereocenters. The SMILES string of the molecule is COCCCCCn1cc(C(=O)O)ccc1=O. The minimum Gasteiger partial charge on any atom is -0.478 e. The molecular weight excluding hydrogens is 222 g/mol. The normalized spacial score (nSPS) is 10.4. The lowest BCUT2D eigenvalue weighted by Gasteiger charge is -2.06. The van der Waals surface area contributed by atoms with Gasteiger partial charge in [0.2, 0.25) is 0 Å². The predicted molar refractivity (Wildman–Crippen MR) is 63.4 cm³/mol. The fraction of sp³-hybridized carbons (Fsp3) is 0.500. The number of carboxylic acid groups (broad SMARTS) is 1. The number of unbranched alkanes of at least 4 members (excludes halogenated alkanes) is 2. The molecule has 5 nitrogen and oxygen atoms in total. The Hall–Kier alpha value is -1.62. The van der Waals surface area contributed by atoms with Crippen molar-refractivity contribution >= 4 is 5.97 Å². The van der Waals surface area contributed by atoms with Crippen molar-refractivity contribution in [3.63, 3.8) is 0 Å². The average Bonchev–Trinajstić information content (AvgIpc) is 2.30. The zero-order valence-corrected chi connectivity index (χ0v) is 9.89. The second-order valence-corrected chi connectivity index (χ2v) is 3.81. The quantitative estimate of drug-likeness (QED) is 0.729. The minimum absolute atomic E-state index is 0.140. The number of carbonyl (C=O) groups is 1. The largest absolute Gasteiger partial charge is 0.478 e. The van der Waals surface area contributed by atoms with Gasteiger partial charge in [-0.3, -0.25) is 4.79 Å². The van der Waals surface area contributed by atoms with Gasteiger partial charge in [-0.1, -0.05) is 0 Å². The summed E-state index contributed by atoms with van der Waals surface area (Å²) < 4.78 is 6.36. The molecule has 94 valence electrons. The van der Waals surface area contributed by atoms with Crippen LogP contribution in [0.2, 0.25) is 0 Å². The number of nitrogens with zero attached hydrogens (tertiary/aromatic N) is 1. The Balaban J connectivity index is 2.55. The van der Waals surface area contributed by atoms with Crippen LogP contribution in [0.5, 0.6) is 0 Å². The number of hydrogen-bond acceptors (Lipinski definition) is 3. The summed E-state index contributed by atoms with van der Waals surface area (Å²) in [6.45, 7) is 1.26. The molecule has 1 aromatic heterocycles. The van der Waals surface area contributed by atoms with E-state index in [0.717, 1.165) is 19.3 Å². The van der Waals surface area contributed by atoms with Crippen LogP contribution in [0.4, 0.5) is 0 Å². The van der Waals surface area contributed by atoms with E-state index in [4.69, 9.17) is 9.84 Å². The third kappa shape index (κ3) is 4.40. The molecule has 0 spiro atoms. The van der Waals surface area contributed by atoms with Crippen molar-refractivity contribution < 1.29 is 14.6 Å². The van der Waals surface area contributed by atoms with Crippen LogP contribution >= 0.6 is 0 Å². The van der Waals surface area contributed by atoms with Gasteiger partial charge >= 0.3 is 5.97 Å². The predicted octanol–water partition coefficient (Wildman–Crippen LogP) is 1.36. The lowest BCUT2D eigenvalue weighted by Crippen LogP contribution is -2.20. The Labute approximate surface area is 99.6 Å². The van der Waals surface area contributed by atoms with Crippen LogP contribution in [0.1, 0.15) is 29.6 Å². The summed E-state index contributed by atoms with van der Waals surface area (Å²) in [5, 5.41) is 8.81. The summed E-state index contributed by atoms with van der Waals surface area (Å²) in [6.07, 6.45) is 4.13. The highest BCUT2D eigenvalue weighted by Crippen LogP contribution is 2.00. The highest BCUT2D eigenvalue weighted by Gasteiger charge is 2.04. The molecule has 1 heterocycles. The van der Waals surface area contributed by atoms with Gasteiger partial charge in [-0.15, -0.1) is 0 Å². The number of rotatable bonds is 7. The van der Waals surface area contributed by atoms with Crippen molar-refractivity contribution in [2.45, 2.75) is 25.8 Å². The average molecular weight is 239 g/mol. The Bertz CT molecular complexity index is 425. The van der Waals surface area contributed by atoms with Crippen molar-refractivity contribution in [3.05, 3.63) is 34.2 Å². The fourth-order valence-corrected chi connectivity index (χ4v) is 1.54. The van der Waals surface area contributed by atoms with Gasteiger partial charge in [0, 0.05) is 32.5 Å². The molecule has 17 heavy (non-hydrogen) atoms. The van der Waals surface area contributed by atoms with Crippen LogP contribution in [-0.4, -0.2) is 29.4 Å². The number of aromatic nitrogens is 1. The molecule has 0 aliphatic rings. The first-order valence-corrected chi connectivity index (χ1v) is 5.58. The van der Waals surface area contributed by atoms with Gasteiger partial charge in [-0.2, -0.15) is 0 Å². The van der Waals surface area contributed by atoms with E-state index in [2.05, 4.69) is 0 Å². The maximum atomic E-state index is 11.5. The maximum Gasteiger partial charge on any atom is 0.337 e. The summed E-state index contributed by atoms with van der Waals surface area (Å²) in [5.74, 6) is -1.02. The Morgan fingerprint density at radius 1 is 1.35 bits per heavy atom. The van der Waals surface area contributed by atoms with Gasteiger partial charge in [0.15, 0.2) is 0 Å². The molecule has 1 rings (SSSR count). The van der Waals surface area contributed by atoms with E-state index in [9.17, 15) is 9.59 Å². The summed E-state index contributed by atoms with van der Waals surface area (Å²) in [6, 6.07) is 2.62. The van der Waals surface area contributed by atoms with Gasteiger partial charge in [0.05, 0.1) is 5.56 Å². The molecule has 0 aliphatic carbocycles. The highest BCUT2D eigenvalue weighted by atomic mass is 16.5. The van der Waals surface area contributed by atoms with E-state index in [1.54, 1.807) is 7.11 Å². The van der Waals surface area contributed by atoms with Gasteiger partial charge in [-0.25, -0.2) is 4.79 Å². The smallest absolute Gasteiger partial charge is 0.337 e. The lowest BCUT2D eigenvalue weighted by atomic mass is 10.2. The number of methoxy groups -OCH3 is 1. The molecule has 1 aromatic rings. The van der Waals surface area contributed by atoms with E-state index < -0.39 is 5.97 Å². The van der Waals surface area contributed by atoms with Crippen LogP contribution in [0, 0.1) is 0 Å². The topological polar surface area (TPSA) is 68.5 Å². The second kappa shape index (κ2) is 6.85. The van der Waals surface area contributed by atoms with E-state index in [0.29, 0.717) is 13.2 Å². The zero-order valence-electron chi connectivity index (χ0n) is 9.89. The first kappa shape index (κ1) is 13.4. The van der Waals surface area contributed by atoms with Gasteiger partial charge < -0.3 is 14.4 Å². The molecular formula is C12H17NO4. The standard InChI is InChI=1S/C12H17NO4/c1-17-8-4-2-3-7-13-9-10(12(15)16)5-6-11(13)14/h5-6,9H,2-4,7-8H2,1H3,(H,15,16). The minimum atomic E-state index is -1.02. The van der Waals surface area contributed by atoms with Crippen molar-refractivity contribution in [1.82, 2.24) is 4.57 Å². The van der Waals surface area contributed by atoms with Crippen LogP contribution in [0.3, 0.4) is 0 Å². The van der Waals surface area contributed by atoms with E-state index in [1.807, 2.05) is 0 Å². The van der Waals surface area contributed by atoms with Crippen molar-refractivity contribution in [1.29, 1.82) is 0 Å². The molecule has 0 radical (unpaired) electrons. The number of carboxylic acids is 1. The molecule has 0 fully saturated rings. The fourth-order valence-electron chi connectivity index (χ4n) is 1.54. The number of hydrogen-bond donors (Lipinski definition) is 1. The van der Waals surface area contributed by atoms with E-state index in [-0.39, 0.29) is 11.1 Å². The summed E-state index contributed by atoms with van der Waals surface area (Å²) in [4.78, 5) is 22.2. The molecule has 1 N–H and O–H groups in total. The van der Waals surface area contributed by atoms with Gasteiger partial charge in [0.1, 0.15) is 0 Å². The van der Waals surface area contributed by atoms with Crippen molar-refractivity contribution in [2.24, 2.45) is 0 Å². The molecule has 0 saturated heterocycles. The monoisotopic (exact) mass is 239 g/mol. The Morgan fingerprint density at radius 3 is 2.76 bits per heavy atom. The summed E-state index contributed by atoms with van der Waals surface area (Å²) >= 11 is 0. The molecule has 0 saturated carbocycles. The van der Waals surface area contributed by atoms with Crippen molar-refractivity contribution in [2.75, 3.05) is 13.7 Å². The Kier molecular flexibility index (Phi) is 5.42. The lowest BCUT2D eigenvalue weighted by molar-refractivity contribution is 0.0696. The summed E-state index contributed by atoms with van der Waals surface area (Å²) in [5.41, 5.74) is -0.0248. The molecule has 0 aliphatic heterocycles. The molecule has 0 bridgehead atoms.